The van der Waals surface area contributed by atoms with Crippen LogP contribution in [0.2, 0.25) is 0 Å². The molecule has 102 valence electrons. The summed E-state index contributed by atoms with van der Waals surface area (Å²) >= 11 is 3.33. The first-order valence-corrected chi connectivity index (χ1v) is 7.29. The van der Waals surface area contributed by atoms with Crippen LogP contribution in [0.5, 0.6) is 0 Å². The summed E-state index contributed by atoms with van der Waals surface area (Å²) in [6, 6.07) is 13.8. The molecule has 0 saturated heterocycles. The molecule has 0 aliphatic carbocycles. The third-order valence-electron chi connectivity index (χ3n) is 3.66. The molecule has 0 unspecified atom stereocenters. The minimum absolute atomic E-state index is 0.346. The maximum atomic E-state index is 11.4. The number of nitrogens with zero attached hydrogens (tertiary/aromatic N) is 1. The zero-order chi connectivity index (χ0) is 14.1. The fourth-order valence-electron chi connectivity index (χ4n) is 2.66. The Bertz CT molecular complexity index is 669. The molecule has 0 bridgehead atoms. The fourth-order valence-corrected chi connectivity index (χ4v) is 3.02. The lowest BCUT2D eigenvalue weighted by molar-refractivity contribution is 0.0697. The summed E-state index contributed by atoms with van der Waals surface area (Å²) in [5, 5.41) is 9.37. The van der Waals surface area contributed by atoms with Crippen LogP contribution in [0.25, 0.3) is 0 Å². The summed E-state index contributed by atoms with van der Waals surface area (Å²) in [5.74, 6) is -0.889. The number of fused-ring (bicyclic) bond motifs is 1. The summed E-state index contributed by atoms with van der Waals surface area (Å²) in [5.41, 5.74) is 3.77. The number of carbonyl (C=O) groups is 1. The van der Waals surface area contributed by atoms with E-state index in [0.717, 1.165) is 29.7 Å². The number of anilines is 1. The van der Waals surface area contributed by atoms with Crippen LogP contribution in [0.1, 0.15) is 21.5 Å². The van der Waals surface area contributed by atoms with Crippen molar-refractivity contribution in [2.24, 2.45) is 0 Å². The smallest absolute Gasteiger partial charge is 0.337 e. The molecular weight excluding hydrogens is 318 g/mol. The Labute approximate surface area is 126 Å². The Morgan fingerprint density at radius 2 is 1.90 bits per heavy atom. The van der Waals surface area contributed by atoms with E-state index < -0.39 is 5.97 Å². The third kappa shape index (κ3) is 2.43. The topological polar surface area (TPSA) is 40.5 Å². The van der Waals surface area contributed by atoms with Gasteiger partial charge in [0.1, 0.15) is 0 Å². The first-order valence-electron chi connectivity index (χ1n) is 6.50. The van der Waals surface area contributed by atoms with Crippen LogP contribution in [-0.2, 0) is 13.0 Å². The highest BCUT2D eigenvalue weighted by atomic mass is 79.9. The molecule has 0 saturated carbocycles. The number of rotatable bonds is 2. The number of halogens is 1. The SMILES string of the molecule is O=C(O)c1cc(Br)ccc1N1CCc2ccccc2C1. The maximum Gasteiger partial charge on any atom is 0.337 e. The van der Waals surface area contributed by atoms with E-state index in [0.29, 0.717) is 5.56 Å². The van der Waals surface area contributed by atoms with Crippen LogP contribution in [-0.4, -0.2) is 17.6 Å². The molecule has 0 amide bonds. The number of carboxylic acids is 1. The molecule has 0 fully saturated rings. The maximum absolute atomic E-state index is 11.4. The van der Waals surface area contributed by atoms with Gasteiger partial charge in [0.25, 0.3) is 0 Å². The Morgan fingerprint density at radius 1 is 1.15 bits per heavy atom. The first-order chi connectivity index (χ1) is 9.65. The molecule has 1 aliphatic rings. The molecule has 2 aromatic rings. The van der Waals surface area contributed by atoms with Crippen LogP contribution < -0.4 is 4.90 Å². The van der Waals surface area contributed by atoms with E-state index in [-0.39, 0.29) is 0 Å². The van der Waals surface area contributed by atoms with Crippen LogP contribution in [0.4, 0.5) is 5.69 Å². The van der Waals surface area contributed by atoms with Crippen LogP contribution in [0.3, 0.4) is 0 Å². The van der Waals surface area contributed by atoms with Crippen LogP contribution >= 0.6 is 15.9 Å². The zero-order valence-corrected chi connectivity index (χ0v) is 12.4. The number of aromatic carboxylic acids is 1. The molecule has 1 aliphatic heterocycles. The highest BCUT2D eigenvalue weighted by Gasteiger charge is 2.20. The van der Waals surface area contributed by atoms with Crippen molar-refractivity contribution in [3.05, 3.63) is 63.6 Å². The van der Waals surface area contributed by atoms with Crippen molar-refractivity contribution >= 4 is 27.6 Å². The van der Waals surface area contributed by atoms with E-state index in [9.17, 15) is 9.90 Å². The zero-order valence-electron chi connectivity index (χ0n) is 10.8. The molecule has 0 aromatic heterocycles. The van der Waals surface area contributed by atoms with Crippen molar-refractivity contribution in [1.82, 2.24) is 0 Å². The average Bonchev–Trinajstić information content (AvgIpc) is 2.46. The van der Waals surface area contributed by atoms with Crippen LogP contribution in [0.15, 0.2) is 46.9 Å². The monoisotopic (exact) mass is 331 g/mol. The lowest BCUT2D eigenvalue weighted by Crippen LogP contribution is -2.31. The van der Waals surface area contributed by atoms with Crippen molar-refractivity contribution in [3.8, 4) is 0 Å². The third-order valence-corrected chi connectivity index (χ3v) is 4.15. The second kappa shape index (κ2) is 5.29. The second-order valence-electron chi connectivity index (χ2n) is 4.91. The Morgan fingerprint density at radius 3 is 2.65 bits per heavy atom. The van der Waals surface area contributed by atoms with E-state index >= 15 is 0 Å². The molecule has 20 heavy (non-hydrogen) atoms. The standard InChI is InChI=1S/C16H14BrNO2/c17-13-5-6-15(14(9-13)16(19)20)18-8-7-11-3-1-2-4-12(11)10-18/h1-6,9H,7-8,10H2,(H,19,20). The van der Waals surface area contributed by atoms with Gasteiger partial charge in [-0.25, -0.2) is 4.79 Å². The van der Waals surface area contributed by atoms with Crippen molar-refractivity contribution < 1.29 is 9.90 Å². The van der Waals surface area contributed by atoms with Gasteiger partial charge in [0, 0.05) is 17.6 Å². The predicted molar refractivity (Wildman–Crippen MR) is 82.3 cm³/mol. The van der Waals surface area contributed by atoms with Gasteiger partial charge in [0.2, 0.25) is 0 Å². The first kappa shape index (κ1) is 13.2. The quantitative estimate of drug-likeness (QED) is 0.911. The van der Waals surface area contributed by atoms with Gasteiger partial charge in [-0.3, -0.25) is 0 Å². The molecule has 3 rings (SSSR count). The van der Waals surface area contributed by atoms with Gasteiger partial charge in [0.15, 0.2) is 0 Å². The number of benzene rings is 2. The van der Waals surface area contributed by atoms with E-state index in [2.05, 4.69) is 39.0 Å². The predicted octanol–water partition coefficient (Wildman–Crippen LogP) is 3.71. The molecule has 1 N–H and O–H groups in total. The Hall–Kier alpha value is -1.81. The van der Waals surface area contributed by atoms with Crippen LogP contribution in [0, 0.1) is 0 Å². The highest BCUT2D eigenvalue weighted by molar-refractivity contribution is 9.10. The van der Waals surface area contributed by atoms with Crippen molar-refractivity contribution in [2.45, 2.75) is 13.0 Å². The minimum Gasteiger partial charge on any atom is -0.478 e. The lowest BCUT2D eigenvalue weighted by atomic mass is 9.99. The van der Waals surface area contributed by atoms with Gasteiger partial charge in [-0.05, 0) is 35.7 Å². The van der Waals surface area contributed by atoms with Gasteiger partial charge in [-0.15, -0.1) is 0 Å². The normalized spacial score (nSPS) is 13.9. The summed E-state index contributed by atoms with van der Waals surface area (Å²) in [6.45, 7) is 1.61. The van der Waals surface area contributed by atoms with E-state index in [1.807, 2.05) is 18.2 Å². The van der Waals surface area contributed by atoms with Crippen molar-refractivity contribution in [1.29, 1.82) is 0 Å². The molecule has 0 radical (unpaired) electrons. The van der Waals surface area contributed by atoms with E-state index in [4.69, 9.17) is 0 Å². The molecule has 4 heteroatoms. The molecule has 0 spiro atoms. The largest absolute Gasteiger partial charge is 0.478 e. The lowest BCUT2D eigenvalue weighted by Gasteiger charge is -2.31. The minimum atomic E-state index is -0.889. The number of hydrogen-bond acceptors (Lipinski definition) is 2. The van der Waals surface area contributed by atoms with E-state index in [1.54, 1.807) is 6.07 Å². The van der Waals surface area contributed by atoms with Gasteiger partial charge in [0.05, 0.1) is 11.3 Å². The highest BCUT2D eigenvalue weighted by Crippen LogP contribution is 2.29. The van der Waals surface area contributed by atoms with E-state index in [1.165, 1.54) is 11.1 Å². The molecule has 1 heterocycles. The molecule has 3 nitrogen and oxygen atoms in total. The average molecular weight is 332 g/mol. The summed E-state index contributed by atoms with van der Waals surface area (Å²) in [7, 11) is 0. The van der Waals surface area contributed by atoms with Crippen molar-refractivity contribution in [2.75, 3.05) is 11.4 Å². The van der Waals surface area contributed by atoms with Gasteiger partial charge < -0.3 is 10.0 Å². The second-order valence-corrected chi connectivity index (χ2v) is 5.82. The number of hydrogen-bond donors (Lipinski definition) is 1. The Balaban J connectivity index is 1.97. The Kier molecular flexibility index (Phi) is 3.49. The summed E-state index contributed by atoms with van der Waals surface area (Å²) in [6.07, 6.45) is 0.950. The van der Waals surface area contributed by atoms with Gasteiger partial charge >= 0.3 is 5.97 Å². The summed E-state index contributed by atoms with van der Waals surface area (Å²) < 4.78 is 0.788. The summed E-state index contributed by atoms with van der Waals surface area (Å²) in [4.78, 5) is 13.6. The molecular formula is C16H14BrNO2. The fraction of sp³-hybridized carbons (Fsp3) is 0.188. The van der Waals surface area contributed by atoms with Gasteiger partial charge in [-0.1, -0.05) is 40.2 Å². The van der Waals surface area contributed by atoms with Gasteiger partial charge in [-0.2, -0.15) is 0 Å². The van der Waals surface area contributed by atoms with Crippen molar-refractivity contribution in [3.63, 3.8) is 0 Å². The number of carboxylic acid groups (broad SMARTS) is 1. The molecule has 2 aromatic carbocycles. The molecule has 0 atom stereocenters.